The van der Waals surface area contributed by atoms with E-state index in [0.717, 1.165) is 12.1 Å². The lowest BCUT2D eigenvalue weighted by Crippen LogP contribution is -2.26. The first-order chi connectivity index (χ1) is 14.0. The van der Waals surface area contributed by atoms with E-state index in [4.69, 9.17) is 14.7 Å². The number of carbonyl (C=O) groups excluding carboxylic acids is 1. The minimum Gasteiger partial charge on any atom is -0.499 e. The number of rotatable bonds is 11. The van der Waals surface area contributed by atoms with Crippen molar-refractivity contribution in [3.8, 4) is 0 Å². The summed E-state index contributed by atoms with van der Waals surface area (Å²) in [6.07, 6.45) is 2.13. The number of hydrogen-bond donors (Lipinski definition) is 3. The van der Waals surface area contributed by atoms with Gasteiger partial charge < -0.3 is 15.2 Å². The van der Waals surface area contributed by atoms with Gasteiger partial charge in [0.25, 0.3) is 5.91 Å². The molecule has 0 atom stereocenters. The third kappa shape index (κ3) is 6.23. The number of hydrogen-bond acceptors (Lipinski definition) is 5. The lowest BCUT2D eigenvalue weighted by Gasteiger charge is -2.15. The molecule has 6 nitrogen and oxygen atoms in total. The van der Waals surface area contributed by atoms with E-state index in [-0.39, 0.29) is 31.1 Å². The molecule has 2 aromatic carbocycles. The SMILES string of the molecule is C=COCCONC(=O)c1ccc(F)c(F)c1Nc1ccc(CCCO)cc1F. The standard InChI is InChI=1S/C20H21F3N2O4/c1-2-28-10-11-29-25-20(27)14-6-7-15(21)18(23)19(14)24-17-8-5-13(4-3-9-26)12-16(17)22/h2,5-8,12,24,26H,1,3-4,9-11H2,(H,25,27). The number of ether oxygens (including phenoxy) is 1. The molecule has 0 aromatic heterocycles. The fourth-order valence-electron chi connectivity index (χ4n) is 2.44. The zero-order valence-corrected chi connectivity index (χ0v) is 15.5. The van der Waals surface area contributed by atoms with E-state index in [1.54, 1.807) is 6.07 Å². The van der Waals surface area contributed by atoms with Gasteiger partial charge in [-0.1, -0.05) is 12.6 Å². The maximum Gasteiger partial charge on any atom is 0.277 e. The Balaban J connectivity index is 2.20. The number of hydroxylamine groups is 1. The van der Waals surface area contributed by atoms with Crippen molar-refractivity contribution in [3.05, 3.63) is 71.8 Å². The molecule has 156 valence electrons. The Morgan fingerprint density at radius 2 is 1.93 bits per heavy atom. The van der Waals surface area contributed by atoms with Crippen LogP contribution in [0.5, 0.6) is 0 Å². The highest BCUT2D eigenvalue weighted by molar-refractivity contribution is 5.99. The maximum absolute atomic E-state index is 14.4. The van der Waals surface area contributed by atoms with Crippen LogP contribution in [0.25, 0.3) is 0 Å². The summed E-state index contributed by atoms with van der Waals surface area (Å²) in [5, 5.41) is 11.3. The predicted molar refractivity (Wildman–Crippen MR) is 101 cm³/mol. The first kappa shape index (κ1) is 22.3. The molecule has 1 amide bonds. The molecule has 0 saturated carbocycles. The fraction of sp³-hybridized carbons (Fsp3) is 0.250. The highest BCUT2D eigenvalue weighted by Gasteiger charge is 2.20. The van der Waals surface area contributed by atoms with Gasteiger partial charge in [-0.05, 0) is 42.7 Å². The summed E-state index contributed by atoms with van der Waals surface area (Å²) in [6, 6.07) is 5.98. The van der Waals surface area contributed by atoms with Gasteiger partial charge in [0.15, 0.2) is 11.6 Å². The van der Waals surface area contributed by atoms with Crippen molar-refractivity contribution in [1.29, 1.82) is 0 Å². The summed E-state index contributed by atoms with van der Waals surface area (Å²) in [6.45, 7) is 3.43. The summed E-state index contributed by atoms with van der Waals surface area (Å²) < 4.78 is 47.2. The average molecular weight is 410 g/mol. The second-order valence-corrected chi connectivity index (χ2v) is 5.87. The van der Waals surface area contributed by atoms with Gasteiger partial charge in [0.1, 0.15) is 19.0 Å². The van der Waals surface area contributed by atoms with Crippen molar-refractivity contribution in [2.24, 2.45) is 0 Å². The van der Waals surface area contributed by atoms with Gasteiger partial charge in [-0.15, -0.1) is 0 Å². The zero-order chi connectivity index (χ0) is 21.2. The molecule has 29 heavy (non-hydrogen) atoms. The van der Waals surface area contributed by atoms with E-state index in [0.29, 0.717) is 18.4 Å². The van der Waals surface area contributed by atoms with Crippen LogP contribution in [-0.4, -0.2) is 30.8 Å². The summed E-state index contributed by atoms with van der Waals surface area (Å²) in [7, 11) is 0. The number of aryl methyl sites for hydroxylation is 1. The van der Waals surface area contributed by atoms with Crippen LogP contribution in [0, 0.1) is 17.5 Å². The van der Waals surface area contributed by atoms with E-state index in [1.165, 1.54) is 18.4 Å². The Labute approximate surface area is 165 Å². The Morgan fingerprint density at radius 1 is 1.14 bits per heavy atom. The molecule has 0 saturated heterocycles. The summed E-state index contributed by atoms with van der Waals surface area (Å²) >= 11 is 0. The van der Waals surface area contributed by atoms with Gasteiger partial charge in [0.2, 0.25) is 0 Å². The van der Waals surface area contributed by atoms with Crippen LogP contribution in [0.4, 0.5) is 24.5 Å². The predicted octanol–water partition coefficient (Wildman–Crippen LogP) is 3.59. The smallest absolute Gasteiger partial charge is 0.277 e. The van der Waals surface area contributed by atoms with E-state index >= 15 is 0 Å². The molecule has 0 aliphatic carbocycles. The molecule has 3 N–H and O–H groups in total. The molecule has 0 bridgehead atoms. The van der Waals surface area contributed by atoms with Crippen LogP contribution in [0.3, 0.4) is 0 Å². The second-order valence-electron chi connectivity index (χ2n) is 5.87. The maximum atomic E-state index is 14.4. The number of amides is 1. The molecule has 0 unspecified atom stereocenters. The molecule has 0 radical (unpaired) electrons. The van der Waals surface area contributed by atoms with E-state index < -0.39 is 29.0 Å². The zero-order valence-electron chi connectivity index (χ0n) is 15.5. The lowest BCUT2D eigenvalue weighted by molar-refractivity contribution is 0.0145. The number of carbonyl (C=O) groups is 1. The van der Waals surface area contributed by atoms with Crippen molar-refractivity contribution < 1.29 is 32.6 Å². The number of aliphatic hydroxyl groups is 1. The van der Waals surface area contributed by atoms with Crippen LogP contribution < -0.4 is 10.8 Å². The largest absolute Gasteiger partial charge is 0.499 e. The quantitative estimate of drug-likeness (QED) is 0.300. The minimum absolute atomic E-state index is 0.00582. The van der Waals surface area contributed by atoms with Crippen molar-refractivity contribution in [3.63, 3.8) is 0 Å². The van der Waals surface area contributed by atoms with Crippen LogP contribution in [0.15, 0.2) is 43.2 Å². The minimum atomic E-state index is -1.34. The normalized spacial score (nSPS) is 10.5. The molecule has 0 fully saturated rings. The lowest BCUT2D eigenvalue weighted by atomic mass is 10.1. The van der Waals surface area contributed by atoms with Crippen molar-refractivity contribution >= 4 is 17.3 Å². The van der Waals surface area contributed by atoms with Gasteiger partial charge in [0, 0.05) is 6.61 Å². The first-order valence-electron chi connectivity index (χ1n) is 8.76. The van der Waals surface area contributed by atoms with E-state index in [9.17, 15) is 18.0 Å². The van der Waals surface area contributed by atoms with Gasteiger partial charge >= 0.3 is 0 Å². The molecule has 0 aliphatic heterocycles. The molecular formula is C20H21F3N2O4. The third-order valence-electron chi connectivity index (χ3n) is 3.84. The van der Waals surface area contributed by atoms with Crippen molar-refractivity contribution in [2.75, 3.05) is 25.1 Å². The highest BCUT2D eigenvalue weighted by atomic mass is 19.2. The van der Waals surface area contributed by atoms with E-state index in [1.807, 2.05) is 0 Å². The number of halogens is 3. The Bertz CT molecular complexity index is 862. The molecule has 2 rings (SSSR count). The van der Waals surface area contributed by atoms with E-state index in [2.05, 4.69) is 17.4 Å². The van der Waals surface area contributed by atoms with Gasteiger partial charge in [0.05, 0.1) is 23.2 Å². The third-order valence-corrected chi connectivity index (χ3v) is 3.84. The molecule has 0 spiro atoms. The molecular weight excluding hydrogens is 389 g/mol. The summed E-state index contributed by atoms with van der Waals surface area (Å²) in [5.74, 6) is -4.11. The van der Waals surface area contributed by atoms with Crippen LogP contribution >= 0.6 is 0 Å². The fourth-order valence-corrected chi connectivity index (χ4v) is 2.44. The van der Waals surface area contributed by atoms with Crippen molar-refractivity contribution in [1.82, 2.24) is 5.48 Å². The molecule has 2 aromatic rings. The summed E-state index contributed by atoms with van der Waals surface area (Å²) in [5.41, 5.74) is 1.76. The Morgan fingerprint density at radius 3 is 2.62 bits per heavy atom. The monoisotopic (exact) mass is 410 g/mol. The number of anilines is 2. The topological polar surface area (TPSA) is 79.8 Å². The highest BCUT2D eigenvalue weighted by Crippen LogP contribution is 2.28. The van der Waals surface area contributed by atoms with Crippen LogP contribution in [-0.2, 0) is 16.0 Å². The number of nitrogens with one attached hydrogen (secondary N) is 2. The van der Waals surface area contributed by atoms with Crippen LogP contribution in [0.2, 0.25) is 0 Å². The second kappa shape index (κ2) is 11.1. The summed E-state index contributed by atoms with van der Waals surface area (Å²) in [4.78, 5) is 17.2. The molecule has 9 heteroatoms. The van der Waals surface area contributed by atoms with Gasteiger partial charge in [-0.25, -0.2) is 18.7 Å². The van der Waals surface area contributed by atoms with Gasteiger partial charge in [-0.2, -0.15) is 0 Å². The van der Waals surface area contributed by atoms with Crippen molar-refractivity contribution in [2.45, 2.75) is 12.8 Å². The average Bonchev–Trinajstić information content (AvgIpc) is 2.71. The Hall–Kier alpha value is -3.04. The number of aliphatic hydroxyl groups excluding tert-OH is 1. The first-order valence-corrected chi connectivity index (χ1v) is 8.76. The Kier molecular flexibility index (Phi) is 8.50. The van der Waals surface area contributed by atoms with Crippen LogP contribution in [0.1, 0.15) is 22.3 Å². The molecule has 0 heterocycles. The number of benzene rings is 2. The van der Waals surface area contributed by atoms with Gasteiger partial charge in [-0.3, -0.25) is 9.63 Å². The molecule has 0 aliphatic rings.